The van der Waals surface area contributed by atoms with E-state index in [1.807, 2.05) is 0 Å². The molecule has 0 amide bonds. The van der Waals surface area contributed by atoms with Gasteiger partial charge in [0.2, 0.25) is 0 Å². The molecular weight excluding hydrogens is 234 g/mol. The van der Waals surface area contributed by atoms with E-state index in [9.17, 15) is 13.6 Å². The van der Waals surface area contributed by atoms with Crippen molar-refractivity contribution < 1.29 is 28.2 Å². The average Bonchev–Trinajstić information content (AvgIpc) is 2.28. The molecule has 94 valence electrons. The molecule has 0 spiro atoms. The van der Waals surface area contributed by atoms with Crippen molar-refractivity contribution in [2.75, 3.05) is 13.2 Å². The lowest BCUT2D eigenvalue weighted by atomic mass is 10.3. The molecule has 0 bridgehead atoms. The minimum absolute atomic E-state index is 0.186. The van der Waals surface area contributed by atoms with Crippen molar-refractivity contribution >= 4 is 5.97 Å². The first-order valence-electron chi connectivity index (χ1n) is 4.96. The summed E-state index contributed by atoms with van der Waals surface area (Å²) >= 11 is 0. The number of aliphatic carboxylic acids is 1. The lowest BCUT2D eigenvalue weighted by molar-refractivity contribution is -0.152. The van der Waals surface area contributed by atoms with E-state index in [2.05, 4.69) is 0 Å². The third-order valence-corrected chi connectivity index (χ3v) is 1.93. The Labute approximate surface area is 96.8 Å². The third kappa shape index (κ3) is 3.99. The van der Waals surface area contributed by atoms with E-state index in [4.69, 9.17) is 14.6 Å². The molecule has 1 N–H and O–H groups in total. The van der Waals surface area contributed by atoms with Gasteiger partial charge in [0.1, 0.15) is 12.4 Å². The van der Waals surface area contributed by atoms with E-state index < -0.39 is 23.7 Å². The Bertz CT molecular complexity index is 395. The van der Waals surface area contributed by atoms with Crippen molar-refractivity contribution in [3.63, 3.8) is 0 Å². The summed E-state index contributed by atoms with van der Waals surface area (Å²) in [5.74, 6) is -2.98. The van der Waals surface area contributed by atoms with Crippen molar-refractivity contribution in [1.29, 1.82) is 0 Å². The zero-order valence-corrected chi connectivity index (χ0v) is 9.15. The minimum Gasteiger partial charge on any atom is -0.487 e. The molecule has 1 unspecified atom stereocenters. The van der Waals surface area contributed by atoms with Gasteiger partial charge < -0.3 is 14.6 Å². The summed E-state index contributed by atoms with van der Waals surface area (Å²) in [6.45, 7) is 1.42. The molecule has 0 saturated heterocycles. The van der Waals surface area contributed by atoms with Gasteiger partial charge in [-0.2, -0.15) is 0 Å². The van der Waals surface area contributed by atoms with Crippen LogP contribution in [0.1, 0.15) is 6.92 Å². The standard InChI is InChI=1S/C11H12F2O4/c1-2-16-10(11(14)15)6-17-9-5-7(12)3-4-8(9)13/h3-5,10H,2,6H2,1H3,(H,14,15). The fraction of sp³-hybridized carbons (Fsp3) is 0.364. The van der Waals surface area contributed by atoms with Gasteiger partial charge in [-0.25, -0.2) is 13.6 Å². The Kier molecular flexibility index (Phi) is 4.84. The number of benzene rings is 1. The van der Waals surface area contributed by atoms with Crippen LogP contribution in [0.15, 0.2) is 18.2 Å². The quantitative estimate of drug-likeness (QED) is 0.832. The fourth-order valence-corrected chi connectivity index (χ4v) is 1.15. The van der Waals surface area contributed by atoms with Gasteiger partial charge in [-0.1, -0.05) is 0 Å². The van der Waals surface area contributed by atoms with E-state index in [0.717, 1.165) is 18.2 Å². The zero-order chi connectivity index (χ0) is 12.8. The van der Waals surface area contributed by atoms with Crippen LogP contribution in [0.3, 0.4) is 0 Å². The first-order chi connectivity index (χ1) is 8.04. The summed E-state index contributed by atoms with van der Waals surface area (Å²) in [6, 6.07) is 2.70. The number of carbonyl (C=O) groups is 1. The molecule has 0 aromatic heterocycles. The van der Waals surface area contributed by atoms with E-state index in [-0.39, 0.29) is 19.0 Å². The van der Waals surface area contributed by atoms with Crippen LogP contribution in [-0.2, 0) is 9.53 Å². The lowest BCUT2D eigenvalue weighted by Gasteiger charge is -2.13. The van der Waals surface area contributed by atoms with Crippen LogP contribution in [0.4, 0.5) is 8.78 Å². The van der Waals surface area contributed by atoms with Gasteiger partial charge in [-0.3, -0.25) is 0 Å². The molecule has 0 radical (unpaired) electrons. The van der Waals surface area contributed by atoms with Gasteiger partial charge in [0.25, 0.3) is 0 Å². The molecular formula is C11H12F2O4. The second-order valence-corrected chi connectivity index (χ2v) is 3.17. The second kappa shape index (κ2) is 6.15. The van der Waals surface area contributed by atoms with Crippen molar-refractivity contribution in [2.45, 2.75) is 13.0 Å². The summed E-state index contributed by atoms with van der Waals surface area (Å²) in [5.41, 5.74) is 0. The van der Waals surface area contributed by atoms with Crippen molar-refractivity contribution in [3.05, 3.63) is 29.8 Å². The Morgan fingerprint density at radius 3 is 2.76 bits per heavy atom. The Hall–Kier alpha value is -1.69. The van der Waals surface area contributed by atoms with E-state index in [1.54, 1.807) is 6.92 Å². The Morgan fingerprint density at radius 1 is 1.47 bits per heavy atom. The highest BCUT2D eigenvalue weighted by atomic mass is 19.1. The molecule has 0 fully saturated rings. The molecule has 0 saturated carbocycles. The van der Waals surface area contributed by atoms with Crippen LogP contribution in [0.25, 0.3) is 0 Å². The highest BCUT2D eigenvalue weighted by Gasteiger charge is 2.19. The summed E-state index contributed by atoms with van der Waals surface area (Å²) in [6.07, 6.45) is -1.21. The molecule has 1 aromatic rings. The largest absolute Gasteiger partial charge is 0.487 e. The summed E-state index contributed by atoms with van der Waals surface area (Å²) < 4.78 is 35.6. The van der Waals surface area contributed by atoms with Crippen molar-refractivity contribution in [2.24, 2.45) is 0 Å². The fourth-order valence-electron chi connectivity index (χ4n) is 1.15. The summed E-state index contributed by atoms with van der Waals surface area (Å²) in [4.78, 5) is 10.7. The first kappa shape index (κ1) is 13.4. The molecule has 0 aliphatic heterocycles. The van der Waals surface area contributed by atoms with Gasteiger partial charge in [0.05, 0.1) is 0 Å². The monoisotopic (exact) mass is 246 g/mol. The zero-order valence-electron chi connectivity index (χ0n) is 9.15. The molecule has 0 aliphatic rings. The second-order valence-electron chi connectivity index (χ2n) is 3.17. The highest BCUT2D eigenvalue weighted by Crippen LogP contribution is 2.18. The topological polar surface area (TPSA) is 55.8 Å². The first-order valence-corrected chi connectivity index (χ1v) is 4.96. The number of carboxylic acids is 1. The maximum Gasteiger partial charge on any atom is 0.336 e. The number of carboxylic acid groups (broad SMARTS) is 1. The maximum absolute atomic E-state index is 13.1. The van der Waals surface area contributed by atoms with E-state index >= 15 is 0 Å². The smallest absolute Gasteiger partial charge is 0.336 e. The Balaban J connectivity index is 2.64. The number of halogens is 2. The molecule has 0 heterocycles. The molecule has 6 heteroatoms. The van der Waals surface area contributed by atoms with Gasteiger partial charge in [0.15, 0.2) is 17.7 Å². The van der Waals surface area contributed by atoms with Crippen molar-refractivity contribution in [3.8, 4) is 5.75 Å². The van der Waals surface area contributed by atoms with Crippen LogP contribution in [0, 0.1) is 11.6 Å². The number of rotatable bonds is 6. The van der Waals surface area contributed by atoms with Gasteiger partial charge in [-0.05, 0) is 19.1 Å². The molecule has 1 aromatic carbocycles. The molecule has 1 rings (SSSR count). The molecule has 0 aliphatic carbocycles. The Morgan fingerprint density at radius 2 is 2.18 bits per heavy atom. The van der Waals surface area contributed by atoms with Gasteiger partial charge in [-0.15, -0.1) is 0 Å². The van der Waals surface area contributed by atoms with Gasteiger partial charge in [0, 0.05) is 12.7 Å². The van der Waals surface area contributed by atoms with Crippen LogP contribution in [0.2, 0.25) is 0 Å². The summed E-state index contributed by atoms with van der Waals surface area (Å²) in [7, 11) is 0. The maximum atomic E-state index is 13.1. The predicted octanol–water partition coefficient (Wildman–Crippen LogP) is 1.83. The van der Waals surface area contributed by atoms with E-state index in [0.29, 0.717) is 0 Å². The third-order valence-electron chi connectivity index (χ3n) is 1.93. The number of hydrogen-bond acceptors (Lipinski definition) is 3. The molecule has 1 atom stereocenters. The van der Waals surface area contributed by atoms with Crippen LogP contribution in [-0.4, -0.2) is 30.4 Å². The highest BCUT2D eigenvalue weighted by molar-refractivity contribution is 5.72. The van der Waals surface area contributed by atoms with Gasteiger partial charge >= 0.3 is 5.97 Å². The molecule has 17 heavy (non-hydrogen) atoms. The normalized spacial score (nSPS) is 12.2. The molecule has 4 nitrogen and oxygen atoms in total. The lowest BCUT2D eigenvalue weighted by Crippen LogP contribution is -2.30. The van der Waals surface area contributed by atoms with Crippen LogP contribution < -0.4 is 4.74 Å². The van der Waals surface area contributed by atoms with Crippen LogP contribution >= 0.6 is 0 Å². The van der Waals surface area contributed by atoms with Crippen molar-refractivity contribution in [1.82, 2.24) is 0 Å². The van der Waals surface area contributed by atoms with E-state index in [1.165, 1.54) is 0 Å². The average molecular weight is 246 g/mol. The number of hydrogen-bond donors (Lipinski definition) is 1. The van der Waals surface area contributed by atoms with Crippen LogP contribution in [0.5, 0.6) is 5.75 Å². The number of ether oxygens (including phenoxy) is 2. The SMILES string of the molecule is CCOC(COc1cc(F)ccc1F)C(=O)O. The minimum atomic E-state index is -1.22. The predicted molar refractivity (Wildman–Crippen MR) is 54.9 cm³/mol. The summed E-state index contributed by atoms with van der Waals surface area (Å²) in [5, 5.41) is 8.73.